The van der Waals surface area contributed by atoms with Gasteiger partial charge in [0.05, 0.1) is 5.69 Å². The lowest BCUT2D eigenvalue weighted by molar-refractivity contribution is 0.770. The summed E-state index contributed by atoms with van der Waals surface area (Å²) in [4.78, 5) is 7.86. The van der Waals surface area contributed by atoms with Crippen molar-refractivity contribution in [1.82, 2.24) is 19.7 Å². The van der Waals surface area contributed by atoms with E-state index in [1.165, 1.54) is 6.33 Å². The average molecular weight is 175 g/mol. The SMILES string of the molecule is Cn1ccc(-c2cc(N)ncn2)n1. The number of rotatable bonds is 1. The van der Waals surface area contributed by atoms with Crippen molar-refractivity contribution in [3.8, 4) is 11.4 Å². The molecule has 0 spiro atoms. The number of nitrogens with two attached hydrogens (primary N) is 1. The predicted octanol–water partition coefficient (Wildman–Crippen LogP) is 0.459. The molecule has 0 aliphatic heterocycles. The summed E-state index contributed by atoms with van der Waals surface area (Å²) in [5.41, 5.74) is 7.06. The molecule has 2 N–H and O–H groups in total. The fraction of sp³-hybridized carbons (Fsp3) is 0.125. The zero-order chi connectivity index (χ0) is 9.26. The van der Waals surface area contributed by atoms with Crippen LogP contribution in [-0.2, 0) is 7.05 Å². The molecule has 0 saturated heterocycles. The van der Waals surface area contributed by atoms with Crippen molar-refractivity contribution in [3.63, 3.8) is 0 Å². The van der Waals surface area contributed by atoms with Crippen molar-refractivity contribution in [3.05, 3.63) is 24.7 Å². The van der Waals surface area contributed by atoms with Crippen LogP contribution >= 0.6 is 0 Å². The molecule has 2 heterocycles. The molecule has 0 saturated carbocycles. The Morgan fingerprint density at radius 3 is 2.77 bits per heavy atom. The summed E-state index contributed by atoms with van der Waals surface area (Å²) >= 11 is 0. The maximum absolute atomic E-state index is 5.52. The van der Waals surface area contributed by atoms with Crippen LogP contribution in [0.2, 0.25) is 0 Å². The second-order valence-electron chi connectivity index (χ2n) is 2.70. The van der Waals surface area contributed by atoms with Crippen molar-refractivity contribution in [2.24, 2.45) is 7.05 Å². The molecule has 0 unspecified atom stereocenters. The van der Waals surface area contributed by atoms with E-state index in [0.29, 0.717) is 5.82 Å². The number of hydrogen-bond donors (Lipinski definition) is 1. The lowest BCUT2D eigenvalue weighted by atomic mass is 10.3. The summed E-state index contributed by atoms with van der Waals surface area (Å²) in [7, 11) is 1.86. The Kier molecular flexibility index (Phi) is 1.70. The fourth-order valence-corrected chi connectivity index (χ4v) is 1.06. The topological polar surface area (TPSA) is 69.6 Å². The van der Waals surface area contributed by atoms with Gasteiger partial charge in [0.2, 0.25) is 0 Å². The first-order chi connectivity index (χ1) is 6.25. The smallest absolute Gasteiger partial charge is 0.127 e. The van der Waals surface area contributed by atoms with Gasteiger partial charge in [0.15, 0.2) is 0 Å². The van der Waals surface area contributed by atoms with Crippen LogP contribution in [0.5, 0.6) is 0 Å². The monoisotopic (exact) mass is 175 g/mol. The first-order valence-corrected chi connectivity index (χ1v) is 3.83. The number of hydrogen-bond acceptors (Lipinski definition) is 4. The van der Waals surface area contributed by atoms with Crippen LogP contribution in [0.4, 0.5) is 5.82 Å². The maximum Gasteiger partial charge on any atom is 0.127 e. The van der Waals surface area contributed by atoms with Crippen LogP contribution < -0.4 is 5.73 Å². The van der Waals surface area contributed by atoms with E-state index in [0.717, 1.165) is 11.4 Å². The third kappa shape index (κ3) is 1.48. The van der Waals surface area contributed by atoms with Crippen molar-refractivity contribution in [1.29, 1.82) is 0 Å². The molecule has 13 heavy (non-hydrogen) atoms. The minimum absolute atomic E-state index is 0.454. The summed E-state index contributed by atoms with van der Waals surface area (Å²) in [6.45, 7) is 0. The first kappa shape index (κ1) is 7.72. The average Bonchev–Trinajstić information content (AvgIpc) is 2.52. The number of nitrogens with zero attached hydrogens (tertiary/aromatic N) is 4. The lowest BCUT2D eigenvalue weighted by Crippen LogP contribution is -1.94. The maximum atomic E-state index is 5.52. The number of anilines is 1. The van der Waals surface area contributed by atoms with Gasteiger partial charge in [0, 0.05) is 19.3 Å². The van der Waals surface area contributed by atoms with Crippen molar-refractivity contribution in [2.45, 2.75) is 0 Å². The first-order valence-electron chi connectivity index (χ1n) is 3.83. The van der Waals surface area contributed by atoms with E-state index in [2.05, 4.69) is 15.1 Å². The standard InChI is InChI=1S/C8H9N5/c1-13-3-2-6(12-13)7-4-8(9)11-5-10-7/h2-5H,1H3,(H2,9,10,11). The van der Waals surface area contributed by atoms with Gasteiger partial charge < -0.3 is 5.73 Å². The van der Waals surface area contributed by atoms with Gasteiger partial charge in [-0.05, 0) is 6.07 Å². The van der Waals surface area contributed by atoms with Crippen LogP contribution in [0, 0.1) is 0 Å². The predicted molar refractivity (Wildman–Crippen MR) is 48.6 cm³/mol. The van der Waals surface area contributed by atoms with E-state index in [1.807, 2.05) is 19.3 Å². The van der Waals surface area contributed by atoms with Crippen LogP contribution in [-0.4, -0.2) is 19.7 Å². The molecule has 0 fully saturated rings. The number of nitrogen functional groups attached to an aromatic ring is 1. The highest BCUT2D eigenvalue weighted by Gasteiger charge is 2.02. The third-order valence-corrected chi connectivity index (χ3v) is 1.66. The summed E-state index contributed by atoms with van der Waals surface area (Å²) in [6.07, 6.45) is 3.28. The molecule has 0 aliphatic rings. The second-order valence-corrected chi connectivity index (χ2v) is 2.70. The molecule has 0 aliphatic carbocycles. The Morgan fingerprint density at radius 1 is 1.31 bits per heavy atom. The molecule has 2 rings (SSSR count). The van der Waals surface area contributed by atoms with E-state index >= 15 is 0 Å². The molecular formula is C8H9N5. The van der Waals surface area contributed by atoms with Gasteiger partial charge in [0.1, 0.15) is 17.8 Å². The Hall–Kier alpha value is -1.91. The largest absolute Gasteiger partial charge is 0.384 e. The van der Waals surface area contributed by atoms with E-state index in [-0.39, 0.29) is 0 Å². The highest BCUT2D eigenvalue weighted by Crippen LogP contribution is 2.13. The van der Waals surface area contributed by atoms with Crippen molar-refractivity contribution in [2.75, 3.05) is 5.73 Å². The van der Waals surface area contributed by atoms with Crippen molar-refractivity contribution < 1.29 is 0 Å². The third-order valence-electron chi connectivity index (χ3n) is 1.66. The van der Waals surface area contributed by atoms with Gasteiger partial charge in [-0.15, -0.1) is 0 Å². The Balaban J connectivity index is 2.46. The van der Waals surface area contributed by atoms with E-state index in [1.54, 1.807) is 10.7 Å². The molecule has 5 heteroatoms. The molecule has 2 aromatic rings. The van der Waals surface area contributed by atoms with Gasteiger partial charge in [-0.2, -0.15) is 5.10 Å². The minimum atomic E-state index is 0.454. The highest BCUT2D eigenvalue weighted by atomic mass is 15.2. The quantitative estimate of drug-likeness (QED) is 0.683. The molecule has 0 atom stereocenters. The van der Waals surface area contributed by atoms with Gasteiger partial charge in [-0.1, -0.05) is 0 Å². The number of aromatic nitrogens is 4. The highest BCUT2D eigenvalue weighted by molar-refractivity contribution is 5.56. The fourth-order valence-electron chi connectivity index (χ4n) is 1.06. The van der Waals surface area contributed by atoms with Crippen LogP contribution in [0.3, 0.4) is 0 Å². The molecule has 5 nitrogen and oxygen atoms in total. The van der Waals surface area contributed by atoms with Gasteiger partial charge in [0.25, 0.3) is 0 Å². The van der Waals surface area contributed by atoms with Crippen LogP contribution in [0.1, 0.15) is 0 Å². The zero-order valence-electron chi connectivity index (χ0n) is 7.18. The zero-order valence-corrected chi connectivity index (χ0v) is 7.18. The molecule has 0 amide bonds. The van der Waals surface area contributed by atoms with Crippen LogP contribution in [0.15, 0.2) is 24.7 Å². The number of aryl methyl sites for hydroxylation is 1. The normalized spacial score (nSPS) is 10.2. The van der Waals surface area contributed by atoms with E-state index in [4.69, 9.17) is 5.73 Å². The summed E-state index contributed by atoms with van der Waals surface area (Å²) < 4.78 is 1.72. The lowest BCUT2D eigenvalue weighted by Gasteiger charge is -1.95. The van der Waals surface area contributed by atoms with Crippen molar-refractivity contribution >= 4 is 5.82 Å². The molecule has 2 aromatic heterocycles. The molecule has 0 bridgehead atoms. The second kappa shape index (κ2) is 2.85. The van der Waals surface area contributed by atoms with E-state index < -0.39 is 0 Å². The summed E-state index contributed by atoms with van der Waals surface area (Å²) in [5.74, 6) is 0.454. The van der Waals surface area contributed by atoms with Crippen LogP contribution in [0.25, 0.3) is 11.4 Å². The van der Waals surface area contributed by atoms with E-state index in [9.17, 15) is 0 Å². The molecule has 0 aromatic carbocycles. The molecular weight excluding hydrogens is 166 g/mol. The van der Waals surface area contributed by atoms with Gasteiger partial charge in [-0.25, -0.2) is 9.97 Å². The Labute approximate surface area is 75.2 Å². The Morgan fingerprint density at radius 2 is 2.15 bits per heavy atom. The van der Waals surface area contributed by atoms with Gasteiger partial charge >= 0.3 is 0 Å². The molecule has 66 valence electrons. The molecule has 0 radical (unpaired) electrons. The summed E-state index contributed by atoms with van der Waals surface area (Å²) in [6, 6.07) is 3.57. The summed E-state index contributed by atoms with van der Waals surface area (Å²) in [5, 5.41) is 4.19. The van der Waals surface area contributed by atoms with Gasteiger partial charge in [-0.3, -0.25) is 4.68 Å². The minimum Gasteiger partial charge on any atom is -0.384 e. The Bertz CT molecular complexity index is 420.